The van der Waals surface area contributed by atoms with E-state index in [2.05, 4.69) is 34.5 Å². The topological polar surface area (TPSA) is 73.0 Å². The summed E-state index contributed by atoms with van der Waals surface area (Å²) in [5, 5.41) is 6.44. The Morgan fingerprint density at radius 2 is 2.04 bits per heavy atom. The molecule has 3 rings (SSSR count). The van der Waals surface area contributed by atoms with Gasteiger partial charge in [0.05, 0.1) is 12.0 Å². The zero-order chi connectivity index (χ0) is 17.2. The molecule has 2 aromatic heterocycles. The van der Waals surface area contributed by atoms with Crippen molar-refractivity contribution in [2.24, 2.45) is 0 Å². The number of carbonyl (C=O) groups is 1. The first kappa shape index (κ1) is 17.5. The molecule has 0 spiro atoms. The molecule has 2 heterocycles. The minimum Gasteiger partial charge on any atom is -0.359 e. The van der Waals surface area contributed by atoms with Gasteiger partial charge in [-0.2, -0.15) is 0 Å². The van der Waals surface area contributed by atoms with Gasteiger partial charge in [0.15, 0.2) is 5.76 Å². The molecular formula is C18H22N4O2. The summed E-state index contributed by atoms with van der Waals surface area (Å²) in [6.45, 7) is 5.61. The SMILES string of the molecule is Cc1ccc(-c2cc(C)no2)cc1.O=CNCCCn1ccnc1. The molecule has 0 bridgehead atoms. The molecule has 1 N–H and O–H groups in total. The first-order valence-electron chi connectivity index (χ1n) is 7.82. The highest BCUT2D eigenvalue weighted by Crippen LogP contribution is 2.19. The molecule has 0 aliphatic rings. The number of nitrogens with zero attached hydrogens (tertiary/aromatic N) is 3. The summed E-state index contributed by atoms with van der Waals surface area (Å²) in [5.74, 6) is 0.831. The number of benzene rings is 1. The third kappa shape index (κ3) is 5.72. The summed E-state index contributed by atoms with van der Waals surface area (Å²) in [5.41, 5.74) is 3.24. The molecule has 0 aliphatic carbocycles. The van der Waals surface area contributed by atoms with Crippen molar-refractivity contribution in [1.29, 1.82) is 0 Å². The lowest BCUT2D eigenvalue weighted by Crippen LogP contribution is -2.13. The van der Waals surface area contributed by atoms with Crippen LogP contribution >= 0.6 is 0 Å². The van der Waals surface area contributed by atoms with Crippen molar-refractivity contribution >= 4 is 6.41 Å². The predicted octanol–water partition coefficient (Wildman–Crippen LogP) is 2.98. The van der Waals surface area contributed by atoms with Crippen molar-refractivity contribution < 1.29 is 9.32 Å². The number of aromatic nitrogens is 3. The van der Waals surface area contributed by atoms with Crippen LogP contribution in [-0.4, -0.2) is 27.7 Å². The third-order valence-electron chi connectivity index (χ3n) is 3.34. The molecule has 1 aromatic carbocycles. The van der Waals surface area contributed by atoms with Crippen LogP contribution in [0.1, 0.15) is 17.7 Å². The summed E-state index contributed by atoms with van der Waals surface area (Å²) in [6.07, 6.45) is 7.07. The molecule has 0 saturated carbocycles. The maximum Gasteiger partial charge on any atom is 0.207 e. The first-order chi connectivity index (χ1) is 11.7. The molecule has 0 aliphatic heterocycles. The van der Waals surface area contributed by atoms with Crippen LogP contribution in [0.4, 0.5) is 0 Å². The fourth-order valence-corrected chi connectivity index (χ4v) is 2.06. The maximum atomic E-state index is 9.84. The van der Waals surface area contributed by atoms with Crippen molar-refractivity contribution in [2.75, 3.05) is 6.54 Å². The van der Waals surface area contributed by atoms with E-state index < -0.39 is 0 Å². The second-order valence-electron chi connectivity index (χ2n) is 5.42. The second-order valence-corrected chi connectivity index (χ2v) is 5.42. The van der Waals surface area contributed by atoms with Gasteiger partial charge < -0.3 is 14.4 Å². The molecule has 6 heteroatoms. The lowest BCUT2D eigenvalue weighted by Gasteiger charge is -1.99. The molecule has 3 aromatic rings. The van der Waals surface area contributed by atoms with E-state index in [4.69, 9.17) is 4.52 Å². The number of aryl methyl sites for hydroxylation is 3. The molecule has 0 saturated heterocycles. The zero-order valence-corrected chi connectivity index (χ0v) is 14.0. The minimum atomic E-state index is 0.716. The molecule has 0 fully saturated rings. The van der Waals surface area contributed by atoms with Gasteiger partial charge in [-0.15, -0.1) is 0 Å². The highest BCUT2D eigenvalue weighted by Gasteiger charge is 2.02. The van der Waals surface area contributed by atoms with E-state index in [9.17, 15) is 4.79 Å². The van der Waals surface area contributed by atoms with Crippen molar-refractivity contribution in [3.63, 3.8) is 0 Å². The number of nitrogens with one attached hydrogen (secondary N) is 1. The van der Waals surface area contributed by atoms with E-state index in [1.165, 1.54) is 5.56 Å². The van der Waals surface area contributed by atoms with Crippen LogP contribution in [0.5, 0.6) is 0 Å². The lowest BCUT2D eigenvalue weighted by atomic mass is 10.1. The Morgan fingerprint density at radius 1 is 1.25 bits per heavy atom. The van der Waals surface area contributed by atoms with Crippen LogP contribution in [0.25, 0.3) is 11.3 Å². The smallest absolute Gasteiger partial charge is 0.207 e. The van der Waals surface area contributed by atoms with Gasteiger partial charge in [-0.1, -0.05) is 35.0 Å². The van der Waals surface area contributed by atoms with Gasteiger partial charge in [0.1, 0.15) is 0 Å². The summed E-state index contributed by atoms with van der Waals surface area (Å²) in [6, 6.07) is 10.1. The van der Waals surface area contributed by atoms with E-state index in [0.29, 0.717) is 6.41 Å². The van der Waals surface area contributed by atoms with Crippen LogP contribution in [0.15, 0.2) is 53.6 Å². The number of hydrogen-bond donors (Lipinski definition) is 1. The van der Waals surface area contributed by atoms with Crippen LogP contribution in [-0.2, 0) is 11.3 Å². The van der Waals surface area contributed by atoms with E-state index in [1.807, 2.05) is 35.9 Å². The van der Waals surface area contributed by atoms with E-state index >= 15 is 0 Å². The quantitative estimate of drug-likeness (QED) is 0.558. The van der Waals surface area contributed by atoms with Crippen molar-refractivity contribution in [3.05, 3.63) is 60.3 Å². The minimum absolute atomic E-state index is 0.716. The summed E-state index contributed by atoms with van der Waals surface area (Å²) in [7, 11) is 0. The molecule has 6 nitrogen and oxygen atoms in total. The number of amides is 1. The van der Waals surface area contributed by atoms with Crippen LogP contribution in [0.2, 0.25) is 0 Å². The largest absolute Gasteiger partial charge is 0.359 e. The molecule has 24 heavy (non-hydrogen) atoms. The number of imidazole rings is 1. The van der Waals surface area contributed by atoms with Gasteiger partial charge in [-0.3, -0.25) is 4.79 Å². The standard InChI is InChI=1S/C11H11NO.C7H11N3O/c1-8-3-5-10(6-4-8)11-7-9(2)12-13-11;11-7-9-2-1-4-10-5-3-8-6-10/h3-7H,1-2H3;3,5-7H,1-2,4H2,(H,9,11). The van der Waals surface area contributed by atoms with Crippen LogP contribution in [0, 0.1) is 13.8 Å². The maximum absolute atomic E-state index is 9.84. The van der Waals surface area contributed by atoms with E-state index in [1.54, 1.807) is 12.5 Å². The van der Waals surface area contributed by atoms with Gasteiger partial charge in [0.2, 0.25) is 6.41 Å². The van der Waals surface area contributed by atoms with E-state index in [-0.39, 0.29) is 0 Å². The highest BCUT2D eigenvalue weighted by molar-refractivity contribution is 5.57. The van der Waals surface area contributed by atoms with Gasteiger partial charge >= 0.3 is 0 Å². The van der Waals surface area contributed by atoms with Crippen molar-refractivity contribution in [2.45, 2.75) is 26.8 Å². The van der Waals surface area contributed by atoms with E-state index in [0.717, 1.165) is 36.5 Å². The Labute approximate surface area is 141 Å². The zero-order valence-electron chi connectivity index (χ0n) is 14.0. The third-order valence-corrected chi connectivity index (χ3v) is 3.34. The molecule has 0 unspecified atom stereocenters. The summed E-state index contributed by atoms with van der Waals surface area (Å²) in [4.78, 5) is 13.7. The predicted molar refractivity (Wildman–Crippen MR) is 92.3 cm³/mol. The normalized spacial score (nSPS) is 9.92. The molecule has 126 valence electrons. The Hall–Kier alpha value is -2.89. The van der Waals surface area contributed by atoms with Crippen molar-refractivity contribution in [3.8, 4) is 11.3 Å². The van der Waals surface area contributed by atoms with Crippen LogP contribution < -0.4 is 5.32 Å². The lowest BCUT2D eigenvalue weighted by molar-refractivity contribution is -0.109. The summed E-state index contributed by atoms with van der Waals surface area (Å²) >= 11 is 0. The number of rotatable bonds is 6. The fraction of sp³-hybridized carbons (Fsp3) is 0.278. The number of hydrogen-bond acceptors (Lipinski definition) is 4. The Bertz CT molecular complexity index is 718. The highest BCUT2D eigenvalue weighted by atomic mass is 16.5. The average Bonchev–Trinajstić information content (AvgIpc) is 3.25. The van der Waals surface area contributed by atoms with Gasteiger partial charge in [0, 0.05) is 37.1 Å². The fourth-order valence-electron chi connectivity index (χ4n) is 2.06. The molecule has 0 radical (unpaired) electrons. The Morgan fingerprint density at radius 3 is 2.62 bits per heavy atom. The molecular weight excluding hydrogens is 304 g/mol. The summed E-state index contributed by atoms with van der Waals surface area (Å²) < 4.78 is 7.12. The monoisotopic (exact) mass is 326 g/mol. The first-order valence-corrected chi connectivity index (χ1v) is 7.82. The van der Waals surface area contributed by atoms with Crippen LogP contribution in [0.3, 0.4) is 0 Å². The molecule has 1 amide bonds. The van der Waals surface area contributed by atoms with Gasteiger partial charge in [-0.25, -0.2) is 4.98 Å². The van der Waals surface area contributed by atoms with Gasteiger partial charge in [-0.05, 0) is 20.3 Å². The molecule has 0 atom stereocenters. The van der Waals surface area contributed by atoms with Crippen molar-refractivity contribution in [1.82, 2.24) is 20.0 Å². The second kappa shape index (κ2) is 9.29. The Balaban J connectivity index is 0.000000177. The van der Waals surface area contributed by atoms with Gasteiger partial charge in [0.25, 0.3) is 0 Å². The number of carbonyl (C=O) groups excluding carboxylic acids is 1. The Kier molecular flexibility index (Phi) is 6.76. The average molecular weight is 326 g/mol.